The number of carbonyl (C=O) groups excluding carboxylic acids is 1. The van der Waals surface area contributed by atoms with E-state index in [1.54, 1.807) is 0 Å². The lowest BCUT2D eigenvalue weighted by atomic mass is 10.1. The molecule has 0 radical (unpaired) electrons. The second-order valence-corrected chi connectivity index (χ2v) is 5.03. The van der Waals surface area contributed by atoms with Gasteiger partial charge in [-0.3, -0.25) is 0 Å². The Morgan fingerprint density at radius 3 is 1.37 bits per heavy atom. The summed E-state index contributed by atoms with van der Waals surface area (Å²) >= 11 is 0. The minimum atomic E-state index is -0.995. The Morgan fingerprint density at radius 1 is 0.895 bits per heavy atom. The lowest BCUT2D eigenvalue weighted by Crippen LogP contribution is -2.16. The number of ether oxygens (including phenoxy) is 1. The first-order chi connectivity index (χ1) is 9.09. The first-order valence-electron chi connectivity index (χ1n) is 7.85. The molecule has 3 heteroatoms. The fraction of sp³-hybridized carbons (Fsp3) is 0.938. The van der Waals surface area contributed by atoms with Gasteiger partial charge in [0.15, 0.2) is 0 Å². The summed E-state index contributed by atoms with van der Waals surface area (Å²) in [7, 11) is 1.23. The van der Waals surface area contributed by atoms with E-state index in [1.807, 2.05) is 0 Å². The minimum Gasteiger partial charge on any atom is -0.467 e. The van der Waals surface area contributed by atoms with Crippen LogP contribution < -0.4 is 0 Å². The van der Waals surface area contributed by atoms with Gasteiger partial charge in [0, 0.05) is 0 Å². The summed E-state index contributed by atoms with van der Waals surface area (Å²) in [5.41, 5.74) is 0. The molecule has 1 atom stereocenters. The van der Waals surface area contributed by atoms with E-state index in [9.17, 15) is 4.79 Å². The molecule has 19 heavy (non-hydrogen) atoms. The van der Waals surface area contributed by atoms with Gasteiger partial charge in [-0.25, -0.2) is 4.79 Å². The Labute approximate surface area is 119 Å². The zero-order valence-electron chi connectivity index (χ0n) is 13.4. The highest BCUT2D eigenvalue weighted by atomic mass is 16.5. The highest BCUT2D eigenvalue weighted by molar-refractivity contribution is 5.73. The largest absolute Gasteiger partial charge is 0.467 e. The smallest absolute Gasteiger partial charge is 0.334 e. The topological polar surface area (TPSA) is 46.5 Å². The molecule has 0 aliphatic heterocycles. The molecule has 0 aromatic carbocycles. The summed E-state index contributed by atoms with van der Waals surface area (Å²) in [5.74, 6) is -0.597. The number of rotatable bonds is 10. The van der Waals surface area contributed by atoms with Crippen molar-refractivity contribution >= 4 is 5.97 Å². The van der Waals surface area contributed by atoms with Crippen LogP contribution in [0.5, 0.6) is 0 Å². The van der Waals surface area contributed by atoms with Crippen molar-refractivity contribution < 1.29 is 14.6 Å². The standard InChI is InChI=1S/C12H26.C4H8O3/c1-3-5-7-9-11-12-10-8-6-4-2;1-3(5)4(6)7-2/h3-12H2,1-2H3;3,5H,1-2H3. The maximum Gasteiger partial charge on any atom is 0.334 e. The van der Waals surface area contributed by atoms with Crippen LogP contribution in [0.25, 0.3) is 0 Å². The lowest BCUT2D eigenvalue weighted by Gasteiger charge is -1.99. The molecule has 0 aliphatic carbocycles. The van der Waals surface area contributed by atoms with Crippen molar-refractivity contribution in [3.63, 3.8) is 0 Å². The third kappa shape index (κ3) is 19.9. The van der Waals surface area contributed by atoms with E-state index in [2.05, 4.69) is 18.6 Å². The highest BCUT2D eigenvalue weighted by Crippen LogP contribution is 2.09. The second kappa shape index (κ2) is 17.4. The van der Waals surface area contributed by atoms with E-state index < -0.39 is 12.1 Å². The number of unbranched alkanes of at least 4 members (excludes halogenated alkanes) is 9. The van der Waals surface area contributed by atoms with Gasteiger partial charge in [-0.15, -0.1) is 0 Å². The number of carbonyl (C=O) groups is 1. The molecule has 0 amide bonds. The lowest BCUT2D eigenvalue weighted by molar-refractivity contribution is -0.149. The molecule has 116 valence electrons. The zero-order chi connectivity index (χ0) is 14.9. The van der Waals surface area contributed by atoms with Crippen molar-refractivity contribution in [2.75, 3.05) is 7.11 Å². The van der Waals surface area contributed by atoms with Crippen LogP contribution in [0, 0.1) is 0 Å². The summed E-state index contributed by atoms with van der Waals surface area (Å²) in [4.78, 5) is 10.0. The Morgan fingerprint density at radius 2 is 1.21 bits per heavy atom. The first-order valence-corrected chi connectivity index (χ1v) is 7.85. The van der Waals surface area contributed by atoms with Crippen molar-refractivity contribution in [3.8, 4) is 0 Å². The molecule has 3 nitrogen and oxygen atoms in total. The van der Waals surface area contributed by atoms with Gasteiger partial charge in [-0.05, 0) is 6.92 Å². The van der Waals surface area contributed by atoms with E-state index >= 15 is 0 Å². The molecule has 1 N–H and O–H groups in total. The molecule has 0 aromatic heterocycles. The highest BCUT2D eigenvalue weighted by Gasteiger charge is 2.05. The summed E-state index contributed by atoms with van der Waals surface area (Å²) in [5, 5.41) is 8.35. The number of hydrogen-bond donors (Lipinski definition) is 1. The number of aliphatic hydroxyl groups is 1. The number of aliphatic hydroxyl groups excluding tert-OH is 1. The molecule has 1 unspecified atom stereocenters. The van der Waals surface area contributed by atoms with E-state index in [0.29, 0.717) is 0 Å². The molecule has 0 aromatic rings. The van der Waals surface area contributed by atoms with Crippen LogP contribution in [0.2, 0.25) is 0 Å². The second-order valence-electron chi connectivity index (χ2n) is 5.03. The maximum absolute atomic E-state index is 10.0. The maximum atomic E-state index is 10.0. The van der Waals surface area contributed by atoms with E-state index in [1.165, 1.54) is 78.2 Å². The Balaban J connectivity index is 0. The average Bonchev–Trinajstić information content (AvgIpc) is 2.41. The van der Waals surface area contributed by atoms with Gasteiger partial charge >= 0.3 is 5.97 Å². The van der Waals surface area contributed by atoms with Crippen LogP contribution >= 0.6 is 0 Å². The van der Waals surface area contributed by atoms with E-state index in [4.69, 9.17) is 5.11 Å². The van der Waals surface area contributed by atoms with Crippen molar-refractivity contribution in [3.05, 3.63) is 0 Å². The van der Waals surface area contributed by atoms with Crippen LogP contribution in [0.3, 0.4) is 0 Å². The summed E-state index contributed by atoms with van der Waals surface area (Å²) in [6, 6.07) is 0. The van der Waals surface area contributed by atoms with E-state index in [-0.39, 0.29) is 0 Å². The molecular formula is C16H34O3. The summed E-state index contributed by atoms with van der Waals surface area (Å²) in [6.45, 7) is 5.91. The SMILES string of the molecule is CCCCCCCCCCCC.COC(=O)C(C)O. The van der Waals surface area contributed by atoms with Crippen LogP contribution in [-0.2, 0) is 9.53 Å². The predicted octanol–water partition coefficient (Wildman–Crippen LogP) is 4.47. The fourth-order valence-corrected chi connectivity index (χ4v) is 1.73. The number of esters is 1. The minimum absolute atomic E-state index is 0.597. The normalized spacial score (nSPS) is 11.4. The van der Waals surface area contributed by atoms with Crippen molar-refractivity contribution in [1.82, 2.24) is 0 Å². The quantitative estimate of drug-likeness (QED) is 0.472. The van der Waals surface area contributed by atoms with E-state index in [0.717, 1.165) is 0 Å². The zero-order valence-corrected chi connectivity index (χ0v) is 13.4. The average molecular weight is 274 g/mol. The number of hydrogen-bond acceptors (Lipinski definition) is 3. The monoisotopic (exact) mass is 274 g/mol. The van der Waals surface area contributed by atoms with Crippen LogP contribution in [-0.4, -0.2) is 24.3 Å². The van der Waals surface area contributed by atoms with Gasteiger partial charge in [-0.2, -0.15) is 0 Å². The van der Waals surface area contributed by atoms with Crippen molar-refractivity contribution in [2.45, 2.75) is 91.1 Å². The fourth-order valence-electron chi connectivity index (χ4n) is 1.73. The first kappa shape index (κ1) is 20.7. The Kier molecular flexibility index (Phi) is 19.0. The Hall–Kier alpha value is -0.570. The molecule has 0 aliphatic rings. The third-order valence-corrected chi connectivity index (χ3v) is 3.00. The molecule has 0 heterocycles. The van der Waals surface area contributed by atoms with Crippen LogP contribution in [0.1, 0.15) is 85.0 Å². The third-order valence-electron chi connectivity index (χ3n) is 3.00. The van der Waals surface area contributed by atoms with Gasteiger partial charge in [0.1, 0.15) is 6.10 Å². The van der Waals surface area contributed by atoms with Gasteiger partial charge in [-0.1, -0.05) is 78.1 Å². The number of methoxy groups -OCH3 is 1. The molecule has 0 rings (SSSR count). The van der Waals surface area contributed by atoms with Crippen molar-refractivity contribution in [2.24, 2.45) is 0 Å². The van der Waals surface area contributed by atoms with Gasteiger partial charge in [0.2, 0.25) is 0 Å². The predicted molar refractivity (Wildman–Crippen MR) is 81.2 cm³/mol. The van der Waals surface area contributed by atoms with Gasteiger partial charge in [0.25, 0.3) is 0 Å². The van der Waals surface area contributed by atoms with Gasteiger partial charge in [0.05, 0.1) is 7.11 Å². The van der Waals surface area contributed by atoms with Crippen LogP contribution in [0.4, 0.5) is 0 Å². The molecule has 0 spiro atoms. The summed E-state index contributed by atoms with van der Waals surface area (Å²) in [6.07, 6.45) is 13.4. The molecule has 0 fully saturated rings. The molecule has 0 saturated heterocycles. The molecule has 0 bridgehead atoms. The Bertz CT molecular complexity index is 169. The van der Waals surface area contributed by atoms with Crippen LogP contribution in [0.15, 0.2) is 0 Å². The summed E-state index contributed by atoms with van der Waals surface area (Å²) < 4.78 is 4.12. The molecule has 0 saturated carbocycles. The van der Waals surface area contributed by atoms with Crippen molar-refractivity contribution in [1.29, 1.82) is 0 Å². The molecular weight excluding hydrogens is 240 g/mol. The van der Waals surface area contributed by atoms with Gasteiger partial charge < -0.3 is 9.84 Å².